The molecule has 3 aromatic rings. The van der Waals surface area contributed by atoms with E-state index < -0.39 is 10.0 Å². The number of amides is 1. The lowest BCUT2D eigenvalue weighted by Crippen LogP contribution is -2.42. The van der Waals surface area contributed by atoms with Crippen LogP contribution in [-0.2, 0) is 21.2 Å². The van der Waals surface area contributed by atoms with E-state index in [-0.39, 0.29) is 23.4 Å². The lowest BCUT2D eigenvalue weighted by atomic mass is 9.88. The van der Waals surface area contributed by atoms with Crippen molar-refractivity contribution in [3.05, 3.63) is 90.0 Å². The minimum atomic E-state index is -3.94. The summed E-state index contributed by atoms with van der Waals surface area (Å²) >= 11 is 0. The van der Waals surface area contributed by atoms with Gasteiger partial charge in [-0.1, -0.05) is 42.5 Å². The van der Waals surface area contributed by atoms with Crippen LogP contribution < -0.4 is 14.4 Å². The molecule has 4 rings (SSSR count). The number of nitrogens with zero attached hydrogens (tertiary/aromatic N) is 1. The molecule has 0 heterocycles. The predicted molar refractivity (Wildman–Crippen MR) is 129 cm³/mol. The molecule has 1 aliphatic rings. The fraction of sp³-hybridized carbons (Fsp3) is 0.269. The monoisotopic (exact) mass is 464 g/mol. The maximum Gasteiger partial charge on any atom is 0.264 e. The molecule has 1 N–H and O–H groups in total. The lowest BCUT2D eigenvalue weighted by molar-refractivity contribution is -0.120. The van der Waals surface area contributed by atoms with E-state index in [2.05, 4.69) is 11.4 Å². The molecule has 0 saturated carbocycles. The van der Waals surface area contributed by atoms with Crippen LogP contribution in [0.2, 0.25) is 0 Å². The Labute approximate surface area is 195 Å². The van der Waals surface area contributed by atoms with E-state index in [0.717, 1.165) is 29.1 Å². The number of aryl methyl sites for hydroxylation is 1. The fourth-order valence-corrected chi connectivity index (χ4v) is 5.63. The van der Waals surface area contributed by atoms with Crippen LogP contribution in [0.25, 0.3) is 0 Å². The minimum absolute atomic E-state index is 0.121. The first-order valence-electron chi connectivity index (χ1n) is 11.2. The number of carbonyl (C=O) groups excluding carboxylic acids is 1. The largest absolute Gasteiger partial charge is 0.494 e. The molecule has 172 valence electrons. The second-order valence-corrected chi connectivity index (χ2v) is 9.83. The number of anilines is 1. The minimum Gasteiger partial charge on any atom is -0.494 e. The third-order valence-electron chi connectivity index (χ3n) is 5.76. The van der Waals surface area contributed by atoms with Crippen LogP contribution in [0.5, 0.6) is 5.75 Å². The Hall–Kier alpha value is -3.32. The quantitative estimate of drug-likeness (QED) is 0.534. The van der Waals surface area contributed by atoms with E-state index in [9.17, 15) is 13.2 Å². The van der Waals surface area contributed by atoms with Crippen molar-refractivity contribution in [1.29, 1.82) is 0 Å². The maximum absolute atomic E-state index is 13.5. The predicted octanol–water partition coefficient (Wildman–Crippen LogP) is 4.47. The number of rotatable bonds is 8. The van der Waals surface area contributed by atoms with Crippen LogP contribution in [0.4, 0.5) is 5.69 Å². The van der Waals surface area contributed by atoms with Gasteiger partial charge in [-0.2, -0.15) is 0 Å². The highest BCUT2D eigenvalue weighted by molar-refractivity contribution is 7.92. The lowest BCUT2D eigenvalue weighted by Gasteiger charge is -2.28. The van der Waals surface area contributed by atoms with Crippen LogP contribution in [-0.4, -0.2) is 27.5 Å². The zero-order chi connectivity index (χ0) is 23.3. The summed E-state index contributed by atoms with van der Waals surface area (Å²) in [6.45, 7) is 2.08. The summed E-state index contributed by atoms with van der Waals surface area (Å²) in [5.74, 6) is 0.298. The van der Waals surface area contributed by atoms with E-state index in [1.165, 1.54) is 17.7 Å². The van der Waals surface area contributed by atoms with E-state index in [0.29, 0.717) is 18.0 Å². The molecule has 1 aliphatic carbocycles. The molecule has 0 saturated heterocycles. The van der Waals surface area contributed by atoms with Gasteiger partial charge in [-0.3, -0.25) is 9.10 Å². The summed E-state index contributed by atoms with van der Waals surface area (Å²) in [6, 6.07) is 22.9. The molecular formula is C26H28N2O4S. The van der Waals surface area contributed by atoms with Crippen LogP contribution >= 0.6 is 0 Å². The second kappa shape index (κ2) is 10.1. The second-order valence-electron chi connectivity index (χ2n) is 7.96. The van der Waals surface area contributed by atoms with E-state index in [4.69, 9.17) is 4.74 Å². The summed E-state index contributed by atoms with van der Waals surface area (Å²) in [6.07, 6.45) is 2.80. The van der Waals surface area contributed by atoms with Gasteiger partial charge in [0.25, 0.3) is 10.0 Å². The summed E-state index contributed by atoms with van der Waals surface area (Å²) < 4.78 is 33.6. The number of carbonyl (C=O) groups is 1. The van der Waals surface area contributed by atoms with E-state index in [1.807, 2.05) is 25.1 Å². The first-order valence-corrected chi connectivity index (χ1v) is 12.6. The average molecular weight is 465 g/mol. The maximum atomic E-state index is 13.5. The van der Waals surface area contributed by atoms with Gasteiger partial charge in [0, 0.05) is 0 Å². The first-order chi connectivity index (χ1) is 16.0. The normalized spacial score (nSPS) is 15.4. The van der Waals surface area contributed by atoms with Crippen molar-refractivity contribution in [2.45, 2.75) is 37.1 Å². The van der Waals surface area contributed by atoms with Gasteiger partial charge in [0.1, 0.15) is 12.3 Å². The van der Waals surface area contributed by atoms with Gasteiger partial charge in [-0.25, -0.2) is 8.42 Å². The molecule has 1 amide bonds. The molecule has 0 aromatic heterocycles. The smallest absolute Gasteiger partial charge is 0.264 e. The van der Waals surface area contributed by atoms with Crippen molar-refractivity contribution in [3.63, 3.8) is 0 Å². The molecule has 0 radical (unpaired) electrons. The molecule has 0 bridgehead atoms. The molecule has 0 aliphatic heterocycles. The topological polar surface area (TPSA) is 75.7 Å². The molecule has 0 spiro atoms. The Morgan fingerprint density at radius 1 is 1.00 bits per heavy atom. The summed E-state index contributed by atoms with van der Waals surface area (Å²) in [4.78, 5) is 13.2. The third-order valence-corrected chi connectivity index (χ3v) is 7.55. The zero-order valence-electron chi connectivity index (χ0n) is 18.6. The number of ether oxygens (including phenoxy) is 1. The zero-order valence-corrected chi connectivity index (χ0v) is 19.4. The van der Waals surface area contributed by atoms with Crippen molar-refractivity contribution >= 4 is 21.6 Å². The molecular weight excluding hydrogens is 436 g/mol. The van der Waals surface area contributed by atoms with Gasteiger partial charge >= 0.3 is 0 Å². The molecule has 0 fully saturated rings. The molecule has 1 atom stereocenters. The van der Waals surface area contributed by atoms with Gasteiger partial charge in [0.2, 0.25) is 5.91 Å². The van der Waals surface area contributed by atoms with Crippen molar-refractivity contribution in [3.8, 4) is 5.75 Å². The molecule has 6 nitrogen and oxygen atoms in total. The highest BCUT2D eigenvalue weighted by Crippen LogP contribution is 2.30. The Bertz CT molecular complexity index is 1190. The number of fused-ring (bicyclic) bond motifs is 1. The van der Waals surface area contributed by atoms with Crippen molar-refractivity contribution in [2.24, 2.45) is 0 Å². The van der Waals surface area contributed by atoms with Gasteiger partial charge in [-0.05, 0) is 73.7 Å². The number of benzene rings is 3. The Balaban J connectivity index is 1.61. The highest BCUT2D eigenvalue weighted by atomic mass is 32.2. The molecule has 7 heteroatoms. The molecule has 33 heavy (non-hydrogen) atoms. The van der Waals surface area contributed by atoms with Gasteiger partial charge < -0.3 is 10.1 Å². The number of sulfonamides is 1. The Morgan fingerprint density at radius 3 is 2.42 bits per heavy atom. The summed E-state index contributed by atoms with van der Waals surface area (Å²) in [5.41, 5.74) is 2.74. The van der Waals surface area contributed by atoms with Crippen molar-refractivity contribution in [1.82, 2.24) is 5.32 Å². The van der Waals surface area contributed by atoms with Crippen molar-refractivity contribution in [2.75, 3.05) is 17.5 Å². The van der Waals surface area contributed by atoms with Crippen molar-refractivity contribution < 1.29 is 17.9 Å². The van der Waals surface area contributed by atoms with Crippen LogP contribution in [0, 0.1) is 0 Å². The summed E-state index contributed by atoms with van der Waals surface area (Å²) in [7, 11) is -3.94. The SMILES string of the molecule is CCOc1ccc(N(CC(=O)NC2CCCc3ccccc32)S(=O)(=O)c2ccccc2)cc1. The number of nitrogens with one attached hydrogen (secondary N) is 1. The standard InChI is InChI=1S/C26H28N2O4S/c1-2-32-22-17-15-21(16-18-22)28(33(30,31)23-11-4-3-5-12-23)19-26(29)27-25-14-8-10-20-9-6-7-13-24(20)25/h3-7,9,11-13,15-18,25H,2,8,10,14,19H2,1H3,(H,27,29). The van der Waals surface area contributed by atoms with Gasteiger partial charge in [0.05, 0.1) is 23.2 Å². The fourth-order valence-electron chi connectivity index (χ4n) is 4.18. The van der Waals surface area contributed by atoms with Gasteiger partial charge in [-0.15, -0.1) is 0 Å². The first kappa shape index (κ1) is 22.9. The van der Waals surface area contributed by atoms with E-state index >= 15 is 0 Å². The van der Waals surface area contributed by atoms with Crippen LogP contribution in [0.15, 0.2) is 83.8 Å². The third kappa shape index (κ3) is 5.20. The van der Waals surface area contributed by atoms with Crippen LogP contribution in [0.3, 0.4) is 0 Å². The Morgan fingerprint density at radius 2 is 1.70 bits per heavy atom. The summed E-state index contributed by atoms with van der Waals surface area (Å²) in [5, 5.41) is 3.06. The molecule has 1 unspecified atom stereocenters. The van der Waals surface area contributed by atoms with Gasteiger partial charge in [0.15, 0.2) is 0 Å². The van der Waals surface area contributed by atoms with E-state index in [1.54, 1.807) is 42.5 Å². The highest BCUT2D eigenvalue weighted by Gasteiger charge is 2.29. The average Bonchev–Trinajstić information content (AvgIpc) is 2.84. The molecule has 3 aromatic carbocycles. The number of hydrogen-bond acceptors (Lipinski definition) is 4. The Kier molecular flexibility index (Phi) is 6.99. The van der Waals surface area contributed by atoms with Crippen LogP contribution in [0.1, 0.15) is 36.9 Å². The number of hydrogen-bond donors (Lipinski definition) is 1.